The van der Waals surface area contributed by atoms with E-state index in [4.69, 9.17) is 0 Å². The van der Waals surface area contributed by atoms with Crippen molar-refractivity contribution in [1.82, 2.24) is 10.00 Å². The molecule has 1 aliphatic rings. The fraction of sp³-hybridized carbons (Fsp3) is 0.412. The molecule has 0 saturated carbocycles. The Morgan fingerprint density at radius 3 is 2.70 bits per heavy atom. The molecule has 1 atom stereocenters. The summed E-state index contributed by atoms with van der Waals surface area (Å²) in [7, 11) is 4.13. The average Bonchev–Trinajstić information content (AvgIpc) is 2.85. The van der Waals surface area contributed by atoms with Gasteiger partial charge in [0.25, 0.3) is 5.82 Å². The van der Waals surface area contributed by atoms with Crippen molar-refractivity contribution in [2.24, 2.45) is 14.1 Å². The Morgan fingerprint density at radius 2 is 2.00 bits per heavy atom. The maximum atomic E-state index is 10.9. The van der Waals surface area contributed by atoms with Crippen LogP contribution in [0.15, 0.2) is 36.4 Å². The highest BCUT2D eigenvalue weighted by molar-refractivity contribution is 5.62. The van der Waals surface area contributed by atoms with Crippen LogP contribution in [0.2, 0.25) is 0 Å². The summed E-state index contributed by atoms with van der Waals surface area (Å²) >= 11 is 0. The number of nitrogens with zero attached hydrogens (tertiary/aromatic N) is 3. The van der Waals surface area contributed by atoms with E-state index in [1.54, 1.807) is 0 Å². The number of amides is 1. The molecule has 1 aliphatic heterocycles. The Morgan fingerprint density at radius 1 is 1.26 bits per heavy atom. The van der Waals surface area contributed by atoms with Crippen LogP contribution in [0.3, 0.4) is 0 Å². The number of carbonyl (C=O) groups excluding carboxylic acids is 1. The second-order valence-electron chi connectivity index (χ2n) is 5.79. The fourth-order valence-electron chi connectivity index (χ4n) is 3.23. The highest BCUT2D eigenvalue weighted by Crippen LogP contribution is 2.26. The first-order chi connectivity index (χ1) is 10.7. The number of piperidine rings is 1. The van der Waals surface area contributed by atoms with Crippen LogP contribution in [0.1, 0.15) is 19.3 Å². The van der Waals surface area contributed by atoms with E-state index >= 15 is 0 Å². The summed E-state index contributed by atoms with van der Waals surface area (Å²) in [4.78, 5) is 13.2. The largest absolute Gasteiger partial charge is 1.00 e. The maximum Gasteiger partial charge on any atom is 0.299 e. The SMILES string of the molecule is Cn1c(-c2ccccc2)cc(N2CCCCC2NC=O)[n+]1C.[I-]. The van der Waals surface area contributed by atoms with Crippen LogP contribution in [0.4, 0.5) is 5.82 Å². The van der Waals surface area contributed by atoms with E-state index in [9.17, 15) is 4.79 Å². The molecule has 0 bridgehead atoms. The molecule has 124 valence electrons. The van der Waals surface area contributed by atoms with Gasteiger partial charge in [-0.05, 0) is 12.8 Å². The van der Waals surface area contributed by atoms with Crippen molar-refractivity contribution in [3.63, 3.8) is 0 Å². The van der Waals surface area contributed by atoms with Gasteiger partial charge in [0.1, 0.15) is 7.05 Å². The molecule has 1 fully saturated rings. The van der Waals surface area contributed by atoms with Gasteiger partial charge in [-0.3, -0.25) is 4.79 Å². The van der Waals surface area contributed by atoms with E-state index in [-0.39, 0.29) is 30.1 Å². The predicted octanol–water partition coefficient (Wildman–Crippen LogP) is -1.42. The molecule has 3 rings (SSSR count). The average molecular weight is 426 g/mol. The third-order valence-corrected chi connectivity index (χ3v) is 4.52. The number of halogens is 1. The summed E-state index contributed by atoms with van der Waals surface area (Å²) in [6.45, 7) is 0.970. The first kappa shape index (κ1) is 17.8. The molecule has 0 aliphatic carbocycles. The molecule has 1 amide bonds. The summed E-state index contributed by atoms with van der Waals surface area (Å²) in [5.41, 5.74) is 2.37. The van der Waals surface area contributed by atoms with Crippen LogP contribution in [-0.2, 0) is 18.9 Å². The minimum Gasteiger partial charge on any atom is -1.00 e. The molecule has 0 spiro atoms. The summed E-state index contributed by atoms with van der Waals surface area (Å²) in [5, 5.41) is 2.95. The number of rotatable bonds is 4. The smallest absolute Gasteiger partial charge is 0.299 e. The maximum absolute atomic E-state index is 10.9. The van der Waals surface area contributed by atoms with E-state index in [0.29, 0.717) is 0 Å². The van der Waals surface area contributed by atoms with Gasteiger partial charge in [-0.25, -0.2) is 9.58 Å². The van der Waals surface area contributed by atoms with Crippen molar-refractivity contribution in [2.75, 3.05) is 11.4 Å². The highest BCUT2D eigenvalue weighted by Gasteiger charge is 2.32. The van der Waals surface area contributed by atoms with Gasteiger partial charge in [0, 0.05) is 19.0 Å². The highest BCUT2D eigenvalue weighted by atomic mass is 127. The van der Waals surface area contributed by atoms with Crippen LogP contribution >= 0.6 is 0 Å². The van der Waals surface area contributed by atoms with Gasteiger partial charge in [0.05, 0.1) is 18.3 Å². The molecule has 2 aromatic rings. The van der Waals surface area contributed by atoms with Gasteiger partial charge >= 0.3 is 0 Å². The molecule has 6 heteroatoms. The first-order valence-electron chi connectivity index (χ1n) is 7.80. The summed E-state index contributed by atoms with van der Waals surface area (Å²) in [6.07, 6.45) is 4.21. The standard InChI is InChI=1S/C17H22N4O.HI/c1-19-15(14-8-4-3-5-9-14)12-17(20(19)2)21-11-7-6-10-16(21)18-13-22;/h3-5,8-9,12-13,16H,6-7,10-11H2,1-2H3;1H. The van der Waals surface area contributed by atoms with E-state index in [0.717, 1.165) is 38.0 Å². The number of nitrogens with one attached hydrogen (secondary N) is 1. The van der Waals surface area contributed by atoms with Gasteiger partial charge < -0.3 is 29.3 Å². The quantitative estimate of drug-likeness (QED) is 0.371. The number of benzene rings is 1. The molecule has 1 aromatic heterocycles. The van der Waals surface area contributed by atoms with Crippen molar-refractivity contribution < 1.29 is 33.5 Å². The van der Waals surface area contributed by atoms with Gasteiger partial charge in [-0.15, -0.1) is 0 Å². The topological polar surface area (TPSA) is 41.1 Å². The summed E-state index contributed by atoms with van der Waals surface area (Å²) in [6, 6.07) is 12.6. The number of carbonyl (C=O) groups is 1. The molecule has 2 heterocycles. The number of hydrogen-bond acceptors (Lipinski definition) is 2. The lowest BCUT2D eigenvalue weighted by atomic mass is 10.1. The number of aromatic nitrogens is 2. The molecule has 1 saturated heterocycles. The molecule has 1 unspecified atom stereocenters. The van der Waals surface area contributed by atoms with Crippen molar-refractivity contribution in [3.8, 4) is 11.3 Å². The zero-order valence-corrected chi connectivity index (χ0v) is 15.7. The minimum absolute atomic E-state index is 0. The van der Waals surface area contributed by atoms with Crippen LogP contribution in [0.25, 0.3) is 11.3 Å². The Bertz CT molecular complexity index is 656. The van der Waals surface area contributed by atoms with Gasteiger partial charge in [-0.1, -0.05) is 30.3 Å². The first-order valence-corrected chi connectivity index (χ1v) is 7.80. The Hall–Kier alpha value is -1.57. The molecular formula is C17H23IN4O. The monoisotopic (exact) mass is 426 g/mol. The molecule has 0 radical (unpaired) electrons. The minimum atomic E-state index is 0. The summed E-state index contributed by atoms with van der Waals surface area (Å²) < 4.78 is 4.30. The molecule has 23 heavy (non-hydrogen) atoms. The van der Waals surface area contributed by atoms with Gasteiger partial charge in [0.15, 0.2) is 6.17 Å². The van der Waals surface area contributed by atoms with Crippen molar-refractivity contribution in [1.29, 1.82) is 0 Å². The Balaban J connectivity index is 0.00000192. The third kappa shape index (κ3) is 3.52. The zero-order chi connectivity index (χ0) is 15.5. The lowest BCUT2D eigenvalue weighted by molar-refractivity contribution is -0.739. The molecule has 1 N–H and O–H groups in total. The second-order valence-corrected chi connectivity index (χ2v) is 5.79. The van der Waals surface area contributed by atoms with Crippen molar-refractivity contribution in [2.45, 2.75) is 25.4 Å². The predicted molar refractivity (Wildman–Crippen MR) is 86.2 cm³/mol. The normalized spacial score (nSPS) is 17.5. The number of hydrogen-bond donors (Lipinski definition) is 1. The molecular weight excluding hydrogens is 403 g/mol. The van der Waals surface area contributed by atoms with Crippen molar-refractivity contribution >= 4 is 12.2 Å². The second kappa shape index (κ2) is 7.81. The number of anilines is 1. The fourth-order valence-corrected chi connectivity index (χ4v) is 3.23. The Labute approximate surface area is 154 Å². The Kier molecular flexibility index (Phi) is 6.04. The van der Waals surface area contributed by atoms with E-state index in [1.165, 1.54) is 11.3 Å². The van der Waals surface area contributed by atoms with Crippen molar-refractivity contribution in [3.05, 3.63) is 36.4 Å². The van der Waals surface area contributed by atoms with Gasteiger partial charge in [-0.2, -0.15) is 4.68 Å². The van der Waals surface area contributed by atoms with Gasteiger partial charge in [0.2, 0.25) is 6.41 Å². The third-order valence-electron chi connectivity index (χ3n) is 4.52. The van der Waals surface area contributed by atoms with E-state index in [1.807, 2.05) is 6.07 Å². The van der Waals surface area contributed by atoms with Crippen LogP contribution in [0.5, 0.6) is 0 Å². The lowest BCUT2D eigenvalue weighted by Crippen LogP contribution is -3.00. The van der Waals surface area contributed by atoms with Crippen LogP contribution in [0, 0.1) is 0 Å². The van der Waals surface area contributed by atoms with Crippen LogP contribution in [-0.4, -0.2) is 23.8 Å². The lowest BCUT2D eigenvalue weighted by Gasteiger charge is -2.29. The van der Waals surface area contributed by atoms with Crippen LogP contribution < -0.4 is 38.9 Å². The van der Waals surface area contributed by atoms with E-state index < -0.39 is 0 Å². The molecule has 5 nitrogen and oxygen atoms in total. The molecule has 1 aromatic carbocycles. The van der Waals surface area contributed by atoms with E-state index in [2.05, 4.69) is 64.0 Å². The summed E-state index contributed by atoms with van der Waals surface area (Å²) in [5.74, 6) is 1.14. The zero-order valence-electron chi connectivity index (χ0n) is 13.6.